The van der Waals surface area contributed by atoms with E-state index in [0.717, 1.165) is 4.57 Å². The van der Waals surface area contributed by atoms with Gasteiger partial charge in [0.1, 0.15) is 0 Å². The Bertz CT molecular complexity index is 894. The highest BCUT2D eigenvalue weighted by Gasteiger charge is 2.23. The largest absolute Gasteiger partial charge is 0.377 e. The summed E-state index contributed by atoms with van der Waals surface area (Å²) in [6.07, 6.45) is 1.77. The molecule has 3 heterocycles. The first-order valence-electron chi connectivity index (χ1n) is 7.90. The van der Waals surface area contributed by atoms with Crippen molar-refractivity contribution in [3.05, 3.63) is 27.2 Å². The van der Waals surface area contributed by atoms with Crippen LogP contribution in [0.15, 0.2) is 15.9 Å². The van der Waals surface area contributed by atoms with E-state index >= 15 is 0 Å². The minimum Gasteiger partial charge on any atom is -0.377 e. The SMILES string of the molecule is CC1COCCN1C(=O)CCn1cnc2c1c(=O)n(C)c(=O)n2C. The number of amides is 1. The van der Waals surface area contributed by atoms with Gasteiger partial charge in [-0.1, -0.05) is 0 Å². The monoisotopic (exact) mass is 335 g/mol. The molecule has 2 aromatic heterocycles. The molecule has 1 unspecified atom stereocenters. The molecule has 0 bridgehead atoms. The Morgan fingerprint density at radius 1 is 1.33 bits per heavy atom. The molecule has 2 aromatic rings. The van der Waals surface area contributed by atoms with Crippen LogP contribution in [-0.4, -0.2) is 55.3 Å². The Kier molecular flexibility index (Phi) is 4.27. The Balaban J connectivity index is 1.85. The van der Waals surface area contributed by atoms with Gasteiger partial charge in [0.25, 0.3) is 5.56 Å². The van der Waals surface area contributed by atoms with E-state index in [1.807, 2.05) is 6.92 Å². The van der Waals surface area contributed by atoms with E-state index in [4.69, 9.17) is 4.74 Å². The molecule has 0 radical (unpaired) electrons. The topological polar surface area (TPSA) is 91.4 Å². The third kappa shape index (κ3) is 2.64. The molecule has 9 heteroatoms. The van der Waals surface area contributed by atoms with Gasteiger partial charge in [-0.25, -0.2) is 9.78 Å². The number of imidazole rings is 1. The fraction of sp³-hybridized carbons (Fsp3) is 0.600. The molecule has 24 heavy (non-hydrogen) atoms. The van der Waals surface area contributed by atoms with Crippen molar-refractivity contribution in [2.75, 3.05) is 19.8 Å². The molecular weight excluding hydrogens is 314 g/mol. The zero-order valence-corrected chi connectivity index (χ0v) is 14.1. The Labute approximate surface area is 138 Å². The Morgan fingerprint density at radius 2 is 2.08 bits per heavy atom. The summed E-state index contributed by atoms with van der Waals surface area (Å²) in [6, 6.07) is 0.0551. The van der Waals surface area contributed by atoms with E-state index < -0.39 is 11.2 Å². The van der Waals surface area contributed by atoms with Gasteiger partial charge in [0.15, 0.2) is 11.2 Å². The lowest BCUT2D eigenvalue weighted by Gasteiger charge is -2.33. The van der Waals surface area contributed by atoms with E-state index in [0.29, 0.717) is 37.5 Å². The van der Waals surface area contributed by atoms with Crippen molar-refractivity contribution in [1.29, 1.82) is 0 Å². The molecule has 1 aliphatic rings. The summed E-state index contributed by atoms with van der Waals surface area (Å²) < 4.78 is 9.36. The fourth-order valence-electron chi connectivity index (χ4n) is 3.02. The molecule has 0 aromatic carbocycles. The van der Waals surface area contributed by atoms with Gasteiger partial charge in [-0.15, -0.1) is 0 Å². The fourth-order valence-corrected chi connectivity index (χ4v) is 3.02. The van der Waals surface area contributed by atoms with Crippen LogP contribution in [0.3, 0.4) is 0 Å². The smallest absolute Gasteiger partial charge is 0.332 e. The molecule has 9 nitrogen and oxygen atoms in total. The second kappa shape index (κ2) is 6.23. The molecule has 0 spiro atoms. The predicted molar refractivity (Wildman–Crippen MR) is 86.8 cm³/mol. The Hall–Kier alpha value is -2.42. The number of rotatable bonds is 3. The average Bonchev–Trinajstić information content (AvgIpc) is 3.00. The minimum atomic E-state index is -0.420. The molecule has 0 aliphatic carbocycles. The van der Waals surface area contributed by atoms with E-state index in [1.165, 1.54) is 17.9 Å². The van der Waals surface area contributed by atoms with Gasteiger partial charge in [-0.05, 0) is 6.92 Å². The van der Waals surface area contributed by atoms with Crippen LogP contribution in [-0.2, 0) is 30.2 Å². The van der Waals surface area contributed by atoms with Gasteiger partial charge in [-0.2, -0.15) is 0 Å². The average molecular weight is 335 g/mol. The number of hydrogen-bond donors (Lipinski definition) is 0. The van der Waals surface area contributed by atoms with Crippen LogP contribution in [0, 0.1) is 0 Å². The maximum absolute atomic E-state index is 12.4. The zero-order valence-electron chi connectivity index (χ0n) is 14.1. The van der Waals surface area contributed by atoms with Gasteiger partial charge >= 0.3 is 5.69 Å². The normalized spacial score (nSPS) is 18.3. The van der Waals surface area contributed by atoms with Crippen molar-refractivity contribution in [3.8, 4) is 0 Å². The summed E-state index contributed by atoms with van der Waals surface area (Å²) in [6.45, 7) is 3.97. The molecule has 1 aliphatic heterocycles. The highest BCUT2D eigenvalue weighted by atomic mass is 16.5. The third-order valence-electron chi connectivity index (χ3n) is 4.47. The number of nitrogens with zero attached hydrogens (tertiary/aromatic N) is 5. The number of hydrogen-bond acceptors (Lipinski definition) is 5. The number of ether oxygens (including phenoxy) is 1. The first-order valence-corrected chi connectivity index (χ1v) is 7.90. The molecule has 1 amide bonds. The van der Waals surface area contributed by atoms with Gasteiger partial charge in [0.05, 0.1) is 25.6 Å². The molecule has 1 saturated heterocycles. The molecule has 1 atom stereocenters. The molecular formula is C15H21N5O4. The van der Waals surface area contributed by atoms with Crippen molar-refractivity contribution in [3.63, 3.8) is 0 Å². The number of aryl methyl sites for hydroxylation is 2. The lowest BCUT2D eigenvalue weighted by molar-refractivity contribution is -0.139. The minimum absolute atomic E-state index is 0.0225. The first kappa shape index (κ1) is 16.4. The quantitative estimate of drug-likeness (QED) is 0.723. The second-order valence-electron chi connectivity index (χ2n) is 6.08. The maximum Gasteiger partial charge on any atom is 0.332 e. The summed E-state index contributed by atoms with van der Waals surface area (Å²) in [4.78, 5) is 42.7. The maximum atomic E-state index is 12.4. The summed E-state index contributed by atoms with van der Waals surface area (Å²) >= 11 is 0. The van der Waals surface area contributed by atoms with Crippen LogP contribution in [0.1, 0.15) is 13.3 Å². The number of carbonyl (C=O) groups excluding carboxylic acids is 1. The second-order valence-corrected chi connectivity index (χ2v) is 6.08. The van der Waals surface area contributed by atoms with Crippen molar-refractivity contribution >= 4 is 17.1 Å². The number of morpholine rings is 1. The van der Waals surface area contributed by atoms with E-state index in [-0.39, 0.29) is 18.4 Å². The van der Waals surface area contributed by atoms with Crippen LogP contribution in [0.2, 0.25) is 0 Å². The van der Waals surface area contributed by atoms with Crippen LogP contribution in [0.5, 0.6) is 0 Å². The standard InChI is InChI=1S/C15H21N5O4/c1-10-8-24-7-6-20(10)11(21)4-5-19-9-16-13-12(19)14(22)18(3)15(23)17(13)2/h9-10H,4-8H2,1-3H3. The van der Waals surface area contributed by atoms with Crippen LogP contribution >= 0.6 is 0 Å². The first-order chi connectivity index (χ1) is 11.4. The highest BCUT2D eigenvalue weighted by Crippen LogP contribution is 2.11. The number of aromatic nitrogens is 4. The van der Waals surface area contributed by atoms with Gasteiger partial charge < -0.3 is 14.2 Å². The zero-order chi connectivity index (χ0) is 17.4. The molecule has 1 fully saturated rings. The van der Waals surface area contributed by atoms with Gasteiger partial charge in [-0.3, -0.25) is 18.7 Å². The molecule has 0 N–H and O–H groups in total. The summed E-state index contributed by atoms with van der Waals surface area (Å²) in [5, 5.41) is 0. The summed E-state index contributed by atoms with van der Waals surface area (Å²) in [7, 11) is 3.00. The van der Waals surface area contributed by atoms with Crippen molar-refractivity contribution in [2.45, 2.75) is 25.9 Å². The highest BCUT2D eigenvalue weighted by molar-refractivity contribution is 5.77. The number of carbonyl (C=O) groups is 1. The lowest BCUT2D eigenvalue weighted by Crippen LogP contribution is -2.47. The van der Waals surface area contributed by atoms with E-state index in [1.54, 1.807) is 16.5 Å². The van der Waals surface area contributed by atoms with Crippen LogP contribution in [0.4, 0.5) is 0 Å². The van der Waals surface area contributed by atoms with Crippen molar-refractivity contribution in [1.82, 2.24) is 23.6 Å². The van der Waals surface area contributed by atoms with Crippen LogP contribution in [0.25, 0.3) is 11.2 Å². The van der Waals surface area contributed by atoms with Crippen molar-refractivity contribution in [2.24, 2.45) is 14.1 Å². The summed E-state index contributed by atoms with van der Waals surface area (Å²) in [5.41, 5.74) is -0.161. The Morgan fingerprint density at radius 3 is 2.79 bits per heavy atom. The van der Waals surface area contributed by atoms with Gasteiger partial charge in [0.2, 0.25) is 5.91 Å². The molecule has 3 rings (SSSR count). The van der Waals surface area contributed by atoms with Crippen LogP contribution < -0.4 is 11.2 Å². The molecule has 0 saturated carbocycles. The van der Waals surface area contributed by atoms with E-state index in [2.05, 4.69) is 4.98 Å². The van der Waals surface area contributed by atoms with Gasteiger partial charge in [0, 0.05) is 33.6 Å². The predicted octanol–water partition coefficient (Wildman–Crippen LogP) is -0.929. The summed E-state index contributed by atoms with van der Waals surface area (Å²) in [5.74, 6) is 0.0225. The third-order valence-corrected chi connectivity index (χ3v) is 4.47. The van der Waals surface area contributed by atoms with E-state index in [9.17, 15) is 14.4 Å². The molecule has 130 valence electrons. The number of fused-ring (bicyclic) bond motifs is 1. The van der Waals surface area contributed by atoms with Crippen molar-refractivity contribution < 1.29 is 9.53 Å². The lowest BCUT2D eigenvalue weighted by atomic mass is 10.2.